The van der Waals surface area contributed by atoms with Crippen LogP contribution in [0, 0.1) is 0 Å². The van der Waals surface area contributed by atoms with Crippen molar-refractivity contribution in [1.29, 1.82) is 0 Å². The maximum atomic E-state index is 12.0. The monoisotopic (exact) mass is 267 g/mol. The maximum absolute atomic E-state index is 12.0. The van der Waals surface area contributed by atoms with Crippen LogP contribution in [-0.4, -0.2) is 36.5 Å². The average molecular weight is 267 g/mol. The van der Waals surface area contributed by atoms with E-state index in [1.807, 2.05) is 31.4 Å². The molecule has 0 bridgehead atoms. The molecule has 1 heterocycles. The highest BCUT2D eigenvalue weighted by molar-refractivity contribution is 7.10. The van der Waals surface area contributed by atoms with Crippen molar-refractivity contribution < 1.29 is 14.3 Å². The summed E-state index contributed by atoms with van der Waals surface area (Å²) in [5.74, 6) is -0.606. The predicted molar refractivity (Wildman–Crippen MR) is 72.2 cm³/mol. The van der Waals surface area contributed by atoms with Gasteiger partial charge in [-0.05, 0) is 31.4 Å². The number of carbonyl (C=O) groups excluding carboxylic acids is 2. The zero-order valence-electron chi connectivity index (χ0n) is 10.8. The third-order valence-corrected chi connectivity index (χ3v) is 3.20. The third-order valence-electron chi connectivity index (χ3n) is 2.37. The van der Waals surface area contributed by atoms with Crippen LogP contribution in [0.15, 0.2) is 23.6 Å². The summed E-state index contributed by atoms with van der Waals surface area (Å²) >= 11 is 1.55. The number of carbonyl (C=O) groups is 2. The number of rotatable bonds is 5. The molecule has 0 aliphatic carbocycles. The van der Waals surface area contributed by atoms with Gasteiger partial charge in [0.1, 0.15) is 6.54 Å². The predicted octanol–water partition coefficient (Wildman–Crippen LogP) is 2.17. The summed E-state index contributed by atoms with van der Waals surface area (Å²) in [5.41, 5.74) is 0. The zero-order chi connectivity index (χ0) is 13.5. The maximum Gasteiger partial charge on any atom is 0.325 e. The van der Waals surface area contributed by atoms with Gasteiger partial charge in [-0.25, -0.2) is 0 Å². The van der Waals surface area contributed by atoms with Crippen LogP contribution in [0.3, 0.4) is 0 Å². The molecule has 0 N–H and O–H groups in total. The van der Waals surface area contributed by atoms with Crippen molar-refractivity contribution in [1.82, 2.24) is 4.90 Å². The van der Waals surface area contributed by atoms with Crippen LogP contribution >= 0.6 is 11.3 Å². The van der Waals surface area contributed by atoms with E-state index in [4.69, 9.17) is 0 Å². The largest absolute Gasteiger partial charge is 0.468 e. The second-order valence-corrected chi connectivity index (χ2v) is 4.96. The molecular weight excluding hydrogens is 250 g/mol. The number of hydrogen-bond acceptors (Lipinski definition) is 4. The number of nitrogens with zero attached hydrogens (tertiary/aromatic N) is 1. The molecule has 0 saturated carbocycles. The minimum Gasteiger partial charge on any atom is -0.468 e. The Morgan fingerprint density at radius 2 is 2.22 bits per heavy atom. The van der Waals surface area contributed by atoms with E-state index in [0.717, 1.165) is 4.88 Å². The first-order valence-electron chi connectivity index (χ1n) is 5.63. The first-order chi connectivity index (χ1) is 8.54. The molecule has 0 saturated heterocycles. The lowest BCUT2D eigenvalue weighted by molar-refractivity contribution is -0.146. The molecule has 0 aromatic carbocycles. The molecular formula is C13H17NO3S. The summed E-state index contributed by atoms with van der Waals surface area (Å²) in [6.45, 7) is 3.70. The average Bonchev–Trinajstić information content (AvgIpc) is 2.85. The van der Waals surface area contributed by atoms with Crippen LogP contribution in [0.1, 0.15) is 18.7 Å². The first kappa shape index (κ1) is 14.4. The van der Waals surface area contributed by atoms with Gasteiger partial charge >= 0.3 is 5.97 Å². The van der Waals surface area contributed by atoms with Gasteiger partial charge in [0.2, 0.25) is 5.91 Å². The Hall–Kier alpha value is -1.62. The number of hydrogen-bond donors (Lipinski definition) is 0. The van der Waals surface area contributed by atoms with E-state index in [9.17, 15) is 9.59 Å². The molecule has 0 fully saturated rings. The summed E-state index contributed by atoms with van der Waals surface area (Å²) in [6, 6.07) is 3.79. The molecule has 0 atom stereocenters. The van der Waals surface area contributed by atoms with Crippen molar-refractivity contribution in [2.75, 3.05) is 13.7 Å². The van der Waals surface area contributed by atoms with Gasteiger partial charge in [0.15, 0.2) is 0 Å². The van der Waals surface area contributed by atoms with Gasteiger partial charge in [0.25, 0.3) is 0 Å². The molecule has 98 valence electrons. The molecule has 4 nitrogen and oxygen atoms in total. The SMILES string of the molecule is COC(=O)CN(C(=O)C=Cc1cccs1)C(C)C. The van der Waals surface area contributed by atoms with Gasteiger partial charge in [0, 0.05) is 17.0 Å². The van der Waals surface area contributed by atoms with E-state index in [2.05, 4.69) is 4.74 Å². The summed E-state index contributed by atoms with van der Waals surface area (Å²) in [4.78, 5) is 25.7. The zero-order valence-corrected chi connectivity index (χ0v) is 11.6. The molecule has 5 heteroatoms. The van der Waals surface area contributed by atoms with Crippen molar-refractivity contribution in [2.24, 2.45) is 0 Å². The van der Waals surface area contributed by atoms with Crippen molar-refractivity contribution >= 4 is 29.3 Å². The molecule has 0 radical (unpaired) electrons. The van der Waals surface area contributed by atoms with Crippen molar-refractivity contribution in [2.45, 2.75) is 19.9 Å². The Labute approximate surface area is 111 Å². The number of methoxy groups -OCH3 is 1. The first-order valence-corrected chi connectivity index (χ1v) is 6.51. The summed E-state index contributed by atoms with van der Waals surface area (Å²) in [7, 11) is 1.31. The standard InChI is InChI=1S/C13H17NO3S/c1-10(2)14(9-13(16)17-3)12(15)7-6-11-5-4-8-18-11/h4-8,10H,9H2,1-3H3. The summed E-state index contributed by atoms with van der Waals surface area (Å²) in [5, 5.41) is 1.94. The summed E-state index contributed by atoms with van der Waals surface area (Å²) < 4.78 is 4.58. The van der Waals surface area contributed by atoms with Crippen molar-refractivity contribution in [3.8, 4) is 0 Å². The normalized spacial score (nSPS) is 10.9. The molecule has 0 aliphatic rings. The Morgan fingerprint density at radius 3 is 2.72 bits per heavy atom. The molecule has 1 rings (SSSR count). The lowest BCUT2D eigenvalue weighted by Gasteiger charge is -2.23. The van der Waals surface area contributed by atoms with Crippen LogP contribution in [0.5, 0.6) is 0 Å². The Balaban J connectivity index is 2.68. The second kappa shape index (κ2) is 6.96. The quantitative estimate of drug-likeness (QED) is 0.607. The highest BCUT2D eigenvalue weighted by Gasteiger charge is 2.18. The van der Waals surface area contributed by atoms with E-state index >= 15 is 0 Å². The van der Waals surface area contributed by atoms with Gasteiger partial charge in [0.05, 0.1) is 7.11 Å². The van der Waals surface area contributed by atoms with Gasteiger partial charge < -0.3 is 9.64 Å². The fraction of sp³-hybridized carbons (Fsp3) is 0.385. The fourth-order valence-electron chi connectivity index (χ4n) is 1.35. The van der Waals surface area contributed by atoms with E-state index in [1.165, 1.54) is 18.1 Å². The van der Waals surface area contributed by atoms with Gasteiger partial charge in [-0.3, -0.25) is 9.59 Å². The highest BCUT2D eigenvalue weighted by atomic mass is 32.1. The smallest absolute Gasteiger partial charge is 0.325 e. The highest BCUT2D eigenvalue weighted by Crippen LogP contribution is 2.11. The molecule has 1 aromatic heterocycles. The summed E-state index contributed by atoms with van der Waals surface area (Å²) in [6.07, 6.45) is 3.23. The van der Waals surface area contributed by atoms with Gasteiger partial charge in [-0.2, -0.15) is 0 Å². The van der Waals surface area contributed by atoms with Crippen molar-refractivity contribution in [3.63, 3.8) is 0 Å². The number of ether oxygens (including phenoxy) is 1. The van der Waals surface area contributed by atoms with E-state index in [-0.39, 0.29) is 18.5 Å². The third kappa shape index (κ3) is 4.33. The number of thiophene rings is 1. The number of esters is 1. The molecule has 1 aromatic rings. The van der Waals surface area contributed by atoms with Gasteiger partial charge in [-0.15, -0.1) is 11.3 Å². The Kier molecular flexibility index (Phi) is 5.58. The topological polar surface area (TPSA) is 46.6 Å². The fourth-order valence-corrected chi connectivity index (χ4v) is 1.97. The lowest BCUT2D eigenvalue weighted by atomic mass is 10.3. The van der Waals surface area contributed by atoms with E-state index in [0.29, 0.717) is 0 Å². The van der Waals surface area contributed by atoms with Crippen LogP contribution < -0.4 is 0 Å². The van der Waals surface area contributed by atoms with Crippen LogP contribution in [0.2, 0.25) is 0 Å². The van der Waals surface area contributed by atoms with E-state index < -0.39 is 5.97 Å². The van der Waals surface area contributed by atoms with E-state index in [1.54, 1.807) is 17.4 Å². The molecule has 0 unspecified atom stereocenters. The van der Waals surface area contributed by atoms with Gasteiger partial charge in [-0.1, -0.05) is 6.07 Å². The van der Waals surface area contributed by atoms with Crippen LogP contribution in [0.25, 0.3) is 6.08 Å². The molecule has 0 spiro atoms. The molecule has 0 aliphatic heterocycles. The molecule has 1 amide bonds. The van der Waals surface area contributed by atoms with Crippen molar-refractivity contribution in [3.05, 3.63) is 28.5 Å². The minimum atomic E-state index is -0.415. The lowest BCUT2D eigenvalue weighted by Crippen LogP contribution is -2.40. The minimum absolute atomic E-state index is 0.0260. The van der Waals surface area contributed by atoms with Crippen LogP contribution in [0.4, 0.5) is 0 Å². The van der Waals surface area contributed by atoms with Crippen LogP contribution in [-0.2, 0) is 14.3 Å². The second-order valence-electron chi connectivity index (χ2n) is 3.98. The number of amides is 1. The Morgan fingerprint density at radius 1 is 1.50 bits per heavy atom. The molecule has 18 heavy (non-hydrogen) atoms. The Bertz CT molecular complexity index is 423.